The minimum atomic E-state index is -1.10. The van der Waals surface area contributed by atoms with Crippen LogP contribution in [0.4, 0.5) is 0 Å². The topological polar surface area (TPSA) is 103 Å². The lowest BCUT2D eigenvalue weighted by atomic mass is 9.70. The molecule has 4 saturated heterocycles. The van der Waals surface area contributed by atoms with Gasteiger partial charge in [-0.2, -0.15) is 0 Å². The first kappa shape index (κ1) is 30.2. The Bertz CT molecular complexity index is 930. The number of amides is 3. The molecule has 3 unspecified atom stereocenters. The third kappa shape index (κ3) is 5.70. The molecule has 0 aliphatic carbocycles. The number of likely N-dealkylation sites (tertiary alicyclic amines) is 1. The van der Waals surface area contributed by atoms with Gasteiger partial charge in [-0.3, -0.25) is 19.3 Å². The summed E-state index contributed by atoms with van der Waals surface area (Å²) in [6, 6.07) is -0.868. The first-order chi connectivity index (χ1) is 18.8. The van der Waals surface area contributed by atoms with Gasteiger partial charge in [-0.15, -0.1) is 13.2 Å². The SMILES string of the molecule is C=CCN(CCN1CCOCC1)C(=O)C1N(CCCO)C(=O)[C@@H]2[C@@H](C(=O)N(CC=C)CCC)[C@@H]3OC12CC3Br. The first-order valence-corrected chi connectivity index (χ1v) is 15.1. The Balaban J connectivity index is 1.66. The van der Waals surface area contributed by atoms with Crippen molar-refractivity contribution in [1.29, 1.82) is 0 Å². The molecule has 4 aliphatic rings. The summed E-state index contributed by atoms with van der Waals surface area (Å²) in [4.78, 5) is 49.5. The summed E-state index contributed by atoms with van der Waals surface area (Å²) in [6.45, 7) is 15.2. The predicted molar refractivity (Wildman–Crippen MR) is 150 cm³/mol. The molecule has 218 valence electrons. The first-order valence-electron chi connectivity index (χ1n) is 14.2. The average molecular weight is 612 g/mol. The number of halogens is 1. The van der Waals surface area contributed by atoms with Gasteiger partial charge in [0.05, 0.1) is 31.2 Å². The third-order valence-corrected chi connectivity index (χ3v) is 9.32. The minimum absolute atomic E-state index is 0.105. The Morgan fingerprint density at radius 1 is 1.13 bits per heavy atom. The molecule has 10 nitrogen and oxygen atoms in total. The average Bonchev–Trinajstić information content (AvgIpc) is 3.52. The molecule has 4 rings (SSSR count). The lowest BCUT2D eigenvalue weighted by Crippen LogP contribution is -2.58. The van der Waals surface area contributed by atoms with E-state index in [0.717, 1.165) is 19.5 Å². The lowest BCUT2D eigenvalue weighted by molar-refractivity contribution is -0.149. The Kier molecular flexibility index (Phi) is 10.3. The summed E-state index contributed by atoms with van der Waals surface area (Å²) >= 11 is 3.74. The molecule has 4 aliphatic heterocycles. The van der Waals surface area contributed by atoms with Gasteiger partial charge in [0.2, 0.25) is 17.7 Å². The molecular weight excluding hydrogens is 568 g/mol. The van der Waals surface area contributed by atoms with Crippen LogP contribution in [-0.2, 0) is 23.9 Å². The highest BCUT2D eigenvalue weighted by atomic mass is 79.9. The Labute approximate surface area is 240 Å². The zero-order chi connectivity index (χ0) is 28.2. The van der Waals surface area contributed by atoms with Gasteiger partial charge in [-0.25, -0.2) is 0 Å². The predicted octanol–water partition coefficient (Wildman–Crippen LogP) is 0.888. The number of morpholine rings is 1. The Morgan fingerprint density at radius 3 is 2.41 bits per heavy atom. The van der Waals surface area contributed by atoms with Crippen molar-refractivity contribution < 1.29 is 29.0 Å². The molecule has 0 saturated carbocycles. The van der Waals surface area contributed by atoms with Crippen LogP contribution in [0.15, 0.2) is 25.3 Å². The Morgan fingerprint density at radius 2 is 1.79 bits per heavy atom. The number of carbonyl (C=O) groups is 3. The third-order valence-electron chi connectivity index (χ3n) is 8.47. The maximum atomic E-state index is 14.3. The van der Waals surface area contributed by atoms with Crippen molar-refractivity contribution in [3.8, 4) is 0 Å². The molecule has 0 aromatic heterocycles. The summed E-state index contributed by atoms with van der Waals surface area (Å²) in [5.41, 5.74) is -1.10. The van der Waals surface area contributed by atoms with Gasteiger partial charge >= 0.3 is 0 Å². The zero-order valence-corrected chi connectivity index (χ0v) is 24.6. The van der Waals surface area contributed by atoms with E-state index >= 15 is 0 Å². The summed E-state index contributed by atoms with van der Waals surface area (Å²) < 4.78 is 12.1. The van der Waals surface area contributed by atoms with Crippen molar-refractivity contribution in [2.45, 2.75) is 48.8 Å². The van der Waals surface area contributed by atoms with Gasteiger partial charge in [0, 0.05) is 63.8 Å². The van der Waals surface area contributed by atoms with E-state index in [9.17, 15) is 19.5 Å². The fourth-order valence-corrected chi connectivity index (χ4v) is 7.75. The summed E-state index contributed by atoms with van der Waals surface area (Å²) in [7, 11) is 0. The van der Waals surface area contributed by atoms with Crippen LogP contribution < -0.4 is 0 Å². The summed E-state index contributed by atoms with van der Waals surface area (Å²) in [5.74, 6) is -1.98. The van der Waals surface area contributed by atoms with E-state index in [0.29, 0.717) is 58.8 Å². The van der Waals surface area contributed by atoms with Gasteiger partial charge in [0.15, 0.2) is 0 Å². The normalized spacial score (nSPS) is 31.8. The number of rotatable bonds is 14. The van der Waals surface area contributed by atoms with E-state index in [2.05, 4.69) is 34.0 Å². The van der Waals surface area contributed by atoms with E-state index in [-0.39, 0.29) is 35.7 Å². The monoisotopic (exact) mass is 610 g/mol. The van der Waals surface area contributed by atoms with Gasteiger partial charge in [-0.1, -0.05) is 35.0 Å². The number of aliphatic hydroxyl groups excluding tert-OH is 1. The standard InChI is InChI=1S/C28H43BrN4O6/c1-4-8-31(9-5-2)25(35)21-22-26(36)33(11-7-16-34)24(28(22)19-20(29)23(21)39-28)27(37)32(10-6-3)13-12-30-14-17-38-18-15-30/h4,6,20-24,34H,1,3,5,7-19H2,2H3/t20?,21-,22+,23-,24?,28?/m1/s1. The van der Waals surface area contributed by atoms with E-state index < -0.39 is 29.6 Å². The highest BCUT2D eigenvalue weighted by Gasteiger charge is 2.76. The quantitative estimate of drug-likeness (QED) is 0.230. The highest BCUT2D eigenvalue weighted by Crippen LogP contribution is 2.60. The van der Waals surface area contributed by atoms with Gasteiger partial charge in [-0.05, 0) is 19.3 Å². The molecule has 0 aromatic carbocycles. The molecule has 1 spiro atoms. The molecule has 4 fully saturated rings. The Hall–Kier alpha value is -1.79. The van der Waals surface area contributed by atoms with Crippen molar-refractivity contribution in [1.82, 2.24) is 19.6 Å². The van der Waals surface area contributed by atoms with Crippen LogP contribution in [0.25, 0.3) is 0 Å². The van der Waals surface area contributed by atoms with Gasteiger partial charge in [0.1, 0.15) is 11.6 Å². The molecule has 11 heteroatoms. The number of alkyl halides is 1. The van der Waals surface area contributed by atoms with Crippen LogP contribution in [-0.4, -0.2) is 137 Å². The van der Waals surface area contributed by atoms with Crippen LogP contribution in [0.3, 0.4) is 0 Å². The van der Waals surface area contributed by atoms with E-state index in [1.807, 2.05) is 6.92 Å². The number of carbonyl (C=O) groups excluding carboxylic acids is 3. The maximum Gasteiger partial charge on any atom is 0.248 e. The summed E-state index contributed by atoms with van der Waals surface area (Å²) in [6.07, 6.45) is 4.48. The van der Waals surface area contributed by atoms with Crippen molar-refractivity contribution in [2.75, 3.05) is 72.2 Å². The number of ether oxygens (including phenoxy) is 2. The van der Waals surface area contributed by atoms with Crippen molar-refractivity contribution in [3.05, 3.63) is 25.3 Å². The van der Waals surface area contributed by atoms with Crippen LogP contribution in [0.2, 0.25) is 0 Å². The second-order valence-corrected chi connectivity index (χ2v) is 12.0. The van der Waals surface area contributed by atoms with E-state index in [4.69, 9.17) is 9.47 Å². The molecular formula is C28H43BrN4O6. The molecule has 0 radical (unpaired) electrons. The van der Waals surface area contributed by atoms with Crippen LogP contribution >= 0.6 is 15.9 Å². The van der Waals surface area contributed by atoms with Crippen molar-refractivity contribution in [3.63, 3.8) is 0 Å². The van der Waals surface area contributed by atoms with E-state index in [1.165, 1.54) is 0 Å². The second kappa shape index (κ2) is 13.2. The van der Waals surface area contributed by atoms with Gasteiger partial charge < -0.3 is 29.3 Å². The molecule has 0 aromatic rings. The number of fused-ring (bicyclic) bond motifs is 1. The van der Waals surface area contributed by atoms with E-state index in [1.54, 1.807) is 26.9 Å². The molecule has 39 heavy (non-hydrogen) atoms. The smallest absolute Gasteiger partial charge is 0.248 e. The molecule has 6 atom stereocenters. The second-order valence-electron chi connectivity index (χ2n) is 10.9. The van der Waals surface area contributed by atoms with Crippen molar-refractivity contribution >= 4 is 33.7 Å². The van der Waals surface area contributed by atoms with Gasteiger partial charge in [0.25, 0.3) is 0 Å². The van der Waals surface area contributed by atoms with Crippen LogP contribution in [0, 0.1) is 11.8 Å². The largest absolute Gasteiger partial charge is 0.396 e. The molecule has 1 N–H and O–H groups in total. The van der Waals surface area contributed by atoms with Crippen LogP contribution in [0.1, 0.15) is 26.2 Å². The fourth-order valence-electron chi connectivity index (χ4n) is 6.81. The number of hydrogen-bond acceptors (Lipinski definition) is 7. The van der Waals surface area contributed by atoms with Crippen molar-refractivity contribution in [2.24, 2.45) is 11.8 Å². The molecule has 3 amide bonds. The minimum Gasteiger partial charge on any atom is -0.396 e. The fraction of sp³-hybridized carbons (Fsp3) is 0.750. The van der Waals surface area contributed by atoms with Crippen LogP contribution in [0.5, 0.6) is 0 Å². The molecule has 4 heterocycles. The lowest BCUT2D eigenvalue weighted by Gasteiger charge is -2.38. The zero-order valence-electron chi connectivity index (χ0n) is 23.0. The number of aliphatic hydroxyl groups is 1. The summed E-state index contributed by atoms with van der Waals surface area (Å²) in [5, 5.41) is 9.59. The number of hydrogen-bond donors (Lipinski definition) is 1. The highest BCUT2D eigenvalue weighted by molar-refractivity contribution is 9.09. The maximum absolute atomic E-state index is 14.3. The number of nitrogens with zero attached hydrogens (tertiary/aromatic N) is 4. The molecule has 2 bridgehead atoms.